The van der Waals surface area contributed by atoms with Crippen molar-refractivity contribution in [1.82, 2.24) is 0 Å². The minimum atomic E-state index is -0.989. The molecule has 0 aliphatic carbocycles. The summed E-state index contributed by atoms with van der Waals surface area (Å²) in [6.45, 7) is 3.92. The summed E-state index contributed by atoms with van der Waals surface area (Å²) in [4.78, 5) is 10.8. The highest BCUT2D eigenvalue weighted by Gasteiger charge is 2.15. The lowest BCUT2D eigenvalue weighted by Crippen LogP contribution is -2.01. The molecule has 23 heavy (non-hydrogen) atoms. The highest BCUT2D eigenvalue weighted by atomic mass is 35.5. The highest BCUT2D eigenvalue weighted by molar-refractivity contribution is 6.43. The Kier molecular flexibility index (Phi) is 5.39. The van der Waals surface area contributed by atoms with Crippen LogP contribution in [0.5, 0.6) is 17.2 Å². The van der Waals surface area contributed by atoms with Crippen molar-refractivity contribution in [2.75, 3.05) is 0 Å². The first kappa shape index (κ1) is 17.4. The zero-order chi connectivity index (χ0) is 17.1. The molecule has 0 aliphatic rings. The van der Waals surface area contributed by atoms with Crippen LogP contribution in [0.25, 0.3) is 0 Å². The number of aliphatic carboxylic acids is 1. The lowest BCUT2D eigenvalue weighted by Gasteiger charge is -2.14. The number of phenols is 1. The van der Waals surface area contributed by atoms with E-state index in [4.69, 9.17) is 33.0 Å². The van der Waals surface area contributed by atoms with E-state index in [-0.39, 0.29) is 28.1 Å². The molecule has 4 nitrogen and oxygen atoms in total. The van der Waals surface area contributed by atoms with Gasteiger partial charge in [0.2, 0.25) is 0 Å². The van der Waals surface area contributed by atoms with Gasteiger partial charge in [-0.05, 0) is 35.7 Å². The van der Waals surface area contributed by atoms with E-state index in [2.05, 4.69) is 0 Å². The van der Waals surface area contributed by atoms with Crippen molar-refractivity contribution in [2.24, 2.45) is 0 Å². The second-order valence-corrected chi connectivity index (χ2v) is 6.15. The number of hydrogen-bond donors (Lipinski definition) is 2. The number of aromatic hydroxyl groups is 1. The van der Waals surface area contributed by atoms with E-state index < -0.39 is 5.97 Å². The topological polar surface area (TPSA) is 66.8 Å². The molecule has 122 valence electrons. The molecule has 0 bridgehead atoms. The lowest BCUT2D eigenvalue weighted by atomic mass is 10.0. The number of carboxylic acids is 1. The quantitative estimate of drug-likeness (QED) is 0.770. The normalized spacial score (nSPS) is 10.8. The Morgan fingerprint density at radius 2 is 1.87 bits per heavy atom. The number of carboxylic acid groups (broad SMARTS) is 1. The molecule has 0 unspecified atom stereocenters. The maximum atomic E-state index is 10.8. The minimum Gasteiger partial charge on any atom is -0.508 e. The fraction of sp³-hybridized carbons (Fsp3) is 0.235. The van der Waals surface area contributed by atoms with Crippen LogP contribution in [0.4, 0.5) is 0 Å². The maximum absolute atomic E-state index is 10.8. The molecule has 0 aromatic heterocycles. The molecule has 0 saturated carbocycles. The average Bonchev–Trinajstić information content (AvgIpc) is 2.48. The van der Waals surface area contributed by atoms with Crippen molar-refractivity contribution in [3.8, 4) is 17.2 Å². The van der Waals surface area contributed by atoms with Gasteiger partial charge in [0.05, 0.1) is 11.4 Å². The molecule has 0 amide bonds. The molecule has 0 radical (unpaired) electrons. The second kappa shape index (κ2) is 7.11. The third kappa shape index (κ3) is 4.09. The molecule has 0 aliphatic heterocycles. The molecule has 0 spiro atoms. The van der Waals surface area contributed by atoms with Crippen LogP contribution in [-0.2, 0) is 11.2 Å². The lowest BCUT2D eigenvalue weighted by molar-refractivity contribution is -0.136. The first-order valence-electron chi connectivity index (χ1n) is 6.99. The summed E-state index contributed by atoms with van der Waals surface area (Å²) in [6.07, 6.45) is -0.213. The first-order chi connectivity index (χ1) is 10.8. The molecule has 0 heterocycles. The number of hydrogen-bond acceptors (Lipinski definition) is 3. The predicted molar refractivity (Wildman–Crippen MR) is 90.1 cm³/mol. The van der Waals surface area contributed by atoms with Gasteiger partial charge in [-0.1, -0.05) is 43.1 Å². The summed E-state index contributed by atoms with van der Waals surface area (Å²) < 4.78 is 5.72. The summed E-state index contributed by atoms with van der Waals surface area (Å²) in [7, 11) is 0. The van der Waals surface area contributed by atoms with Gasteiger partial charge in [0.25, 0.3) is 0 Å². The van der Waals surface area contributed by atoms with Crippen LogP contribution in [0.3, 0.4) is 0 Å². The highest BCUT2D eigenvalue weighted by Crippen LogP contribution is 2.38. The SMILES string of the molecule is CC(C)c1cc(Oc2ccc(CC(=O)O)c(Cl)c2Cl)ccc1O. The molecule has 6 heteroatoms. The smallest absolute Gasteiger partial charge is 0.307 e. The van der Waals surface area contributed by atoms with Gasteiger partial charge in [-0.15, -0.1) is 0 Å². The van der Waals surface area contributed by atoms with Crippen LogP contribution in [0.2, 0.25) is 10.0 Å². The summed E-state index contributed by atoms with van der Waals surface area (Å²) in [5.41, 5.74) is 1.18. The van der Waals surface area contributed by atoms with E-state index in [1.165, 1.54) is 0 Å². The molecule has 0 saturated heterocycles. The van der Waals surface area contributed by atoms with Gasteiger partial charge < -0.3 is 14.9 Å². The van der Waals surface area contributed by atoms with Crippen LogP contribution >= 0.6 is 23.2 Å². The van der Waals surface area contributed by atoms with Gasteiger partial charge in [-0.3, -0.25) is 4.79 Å². The molecular weight excluding hydrogens is 339 g/mol. The van der Waals surface area contributed by atoms with E-state index in [1.54, 1.807) is 30.3 Å². The van der Waals surface area contributed by atoms with E-state index in [9.17, 15) is 9.90 Å². The molecular formula is C17H16Cl2O4. The van der Waals surface area contributed by atoms with E-state index in [0.29, 0.717) is 17.1 Å². The number of carbonyl (C=O) groups is 1. The monoisotopic (exact) mass is 354 g/mol. The number of phenolic OH excluding ortho intramolecular Hbond substituents is 1. The number of ether oxygens (including phenoxy) is 1. The summed E-state index contributed by atoms with van der Waals surface area (Å²) >= 11 is 12.3. The zero-order valence-electron chi connectivity index (χ0n) is 12.6. The molecule has 2 aromatic carbocycles. The van der Waals surface area contributed by atoms with Crippen LogP contribution in [0.15, 0.2) is 30.3 Å². The molecule has 2 aromatic rings. The van der Waals surface area contributed by atoms with Gasteiger partial charge in [0.15, 0.2) is 0 Å². The molecule has 0 atom stereocenters. The predicted octanol–water partition coefficient (Wildman–Crippen LogP) is 5.24. The van der Waals surface area contributed by atoms with Gasteiger partial charge in [0, 0.05) is 5.56 Å². The van der Waals surface area contributed by atoms with Crippen molar-refractivity contribution < 1.29 is 19.7 Å². The van der Waals surface area contributed by atoms with Crippen molar-refractivity contribution in [3.05, 3.63) is 51.5 Å². The van der Waals surface area contributed by atoms with Gasteiger partial charge in [0.1, 0.15) is 22.3 Å². The molecule has 2 N–H and O–H groups in total. The fourth-order valence-corrected chi connectivity index (χ4v) is 2.58. The largest absolute Gasteiger partial charge is 0.508 e. The Morgan fingerprint density at radius 3 is 2.48 bits per heavy atom. The Balaban J connectivity index is 2.32. The van der Waals surface area contributed by atoms with Crippen LogP contribution in [0, 0.1) is 0 Å². The summed E-state index contributed by atoms with van der Waals surface area (Å²) in [5.74, 6) is 0.183. The van der Waals surface area contributed by atoms with Crippen molar-refractivity contribution in [1.29, 1.82) is 0 Å². The first-order valence-corrected chi connectivity index (χ1v) is 7.74. The van der Waals surface area contributed by atoms with E-state index in [0.717, 1.165) is 5.56 Å². The average molecular weight is 355 g/mol. The second-order valence-electron chi connectivity index (χ2n) is 5.40. The summed E-state index contributed by atoms with van der Waals surface area (Å²) in [6, 6.07) is 8.06. The van der Waals surface area contributed by atoms with Crippen LogP contribution in [-0.4, -0.2) is 16.2 Å². The maximum Gasteiger partial charge on any atom is 0.307 e. The van der Waals surface area contributed by atoms with Gasteiger partial charge >= 0.3 is 5.97 Å². The van der Waals surface area contributed by atoms with Crippen LogP contribution in [0.1, 0.15) is 30.9 Å². The number of benzene rings is 2. The Bertz CT molecular complexity index is 742. The van der Waals surface area contributed by atoms with Crippen molar-refractivity contribution >= 4 is 29.2 Å². The minimum absolute atomic E-state index is 0.135. The Hall–Kier alpha value is -1.91. The van der Waals surface area contributed by atoms with E-state index in [1.807, 2.05) is 13.8 Å². The van der Waals surface area contributed by atoms with Crippen molar-refractivity contribution in [3.63, 3.8) is 0 Å². The molecule has 0 fully saturated rings. The van der Waals surface area contributed by atoms with Gasteiger partial charge in [-0.2, -0.15) is 0 Å². The number of halogens is 2. The Labute approximate surface area is 144 Å². The standard InChI is InChI=1S/C17H16Cl2O4/c1-9(2)12-8-11(4-5-13(12)20)23-14-6-3-10(7-15(21)22)16(18)17(14)19/h3-6,8-9,20H,7H2,1-2H3,(H,21,22). The summed E-state index contributed by atoms with van der Waals surface area (Å²) in [5, 5.41) is 19.0. The number of rotatable bonds is 5. The Morgan fingerprint density at radius 1 is 1.17 bits per heavy atom. The van der Waals surface area contributed by atoms with Crippen LogP contribution < -0.4 is 4.74 Å². The third-order valence-electron chi connectivity index (χ3n) is 3.32. The van der Waals surface area contributed by atoms with Crippen molar-refractivity contribution in [2.45, 2.75) is 26.2 Å². The fourth-order valence-electron chi connectivity index (χ4n) is 2.14. The molecule has 2 rings (SSSR count). The zero-order valence-corrected chi connectivity index (χ0v) is 14.1. The third-order valence-corrected chi connectivity index (χ3v) is 4.22. The van der Waals surface area contributed by atoms with Gasteiger partial charge in [-0.25, -0.2) is 0 Å². The van der Waals surface area contributed by atoms with E-state index >= 15 is 0 Å².